The Bertz CT molecular complexity index is 489. The van der Waals surface area contributed by atoms with Crippen LogP contribution in [0.15, 0.2) is 16.5 Å². The van der Waals surface area contributed by atoms with Crippen LogP contribution in [0.25, 0.3) is 0 Å². The van der Waals surface area contributed by atoms with Crippen LogP contribution in [0.4, 0.5) is 4.79 Å². The fourth-order valence-corrected chi connectivity index (χ4v) is 3.06. The number of carbonyl (C=O) groups is 1. The van der Waals surface area contributed by atoms with Crippen molar-refractivity contribution < 1.29 is 14.3 Å². The summed E-state index contributed by atoms with van der Waals surface area (Å²) in [4.78, 5) is 16.3. The lowest BCUT2D eigenvalue weighted by Crippen LogP contribution is -2.47. The average molecular weight is 323 g/mol. The van der Waals surface area contributed by atoms with Crippen molar-refractivity contribution in [2.75, 3.05) is 32.8 Å². The molecule has 1 aliphatic rings. The summed E-state index contributed by atoms with van der Waals surface area (Å²) in [5, 5.41) is 12.4. The Morgan fingerprint density at radius 3 is 2.96 bits per heavy atom. The Hall–Kier alpha value is -1.53. The van der Waals surface area contributed by atoms with Crippen molar-refractivity contribution >= 4 is 6.03 Å². The Labute approximate surface area is 138 Å². The lowest BCUT2D eigenvalue weighted by molar-refractivity contribution is 0.0909. The topological polar surface area (TPSA) is 69.0 Å². The molecule has 0 radical (unpaired) electrons. The van der Waals surface area contributed by atoms with Crippen molar-refractivity contribution in [2.24, 2.45) is 0 Å². The maximum atomic E-state index is 12.3. The number of aliphatic hydroxyl groups is 1. The number of hydrogen-bond acceptors (Lipinski definition) is 4. The number of urea groups is 1. The second-order valence-corrected chi connectivity index (χ2v) is 6.13. The van der Waals surface area contributed by atoms with Gasteiger partial charge in [-0.15, -0.1) is 0 Å². The van der Waals surface area contributed by atoms with Gasteiger partial charge in [-0.2, -0.15) is 0 Å². The molecule has 1 aromatic heterocycles. The highest BCUT2D eigenvalue weighted by atomic mass is 16.3. The van der Waals surface area contributed by atoms with Crippen LogP contribution < -0.4 is 5.32 Å². The van der Waals surface area contributed by atoms with Crippen molar-refractivity contribution in [1.29, 1.82) is 0 Å². The number of likely N-dealkylation sites (tertiary alicyclic amines) is 1. The molecule has 2 rings (SSSR count). The first-order valence-corrected chi connectivity index (χ1v) is 8.57. The number of amides is 2. The number of aryl methyl sites for hydroxylation is 1. The zero-order valence-corrected chi connectivity index (χ0v) is 14.3. The van der Waals surface area contributed by atoms with Crippen molar-refractivity contribution in [3.63, 3.8) is 0 Å². The van der Waals surface area contributed by atoms with Gasteiger partial charge in [0.2, 0.25) is 0 Å². The molecule has 1 atom stereocenters. The highest BCUT2D eigenvalue weighted by Crippen LogP contribution is 2.15. The largest absolute Gasteiger partial charge is 0.464 e. The third-order valence-corrected chi connectivity index (χ3v) is 4.45. The number of piperidine rings is 1. The van der Waals surface area contributed by atoms with Crippen molar-refractivity contribution in [3.05, 3.63) is 23.7 Å². The van der Waals surface area contributed by atoms with Gasteiger partial charge in [-0.25, -0.2) is 4.79 Å². The normalized spacial score (nSPS) is 18.8. The summed E-state index contributed by atoms with van der Waals surface area (Å²) in [5.74, 6) is 1.66. The SMILES string of the molecule is CCN(Cc1ccc(C)o1)C(=O)NCCN1CCCC[C@H]1CO. The fourth-order valence-electron chi connectivity index (χ4n) is 3.06. The van der Waals surface area contributed by atoms with E-state index in [0.29, 0.717) is 19.6 Å². The summed E-state index contributed by atoms with van der Waals surface area (Å²) in [6.45, 7) is 7.57. The van der Waals surface area contributed by atoms with Crippen molar-refractivity contribution in [2.45, 2.75) is 45.7 Å². The summed E-state index contributed by atoms with van der Waals surface area (Å²) in [6.07, 6.45) is 3.40. The Morgan fingerprint density at radius 1 is 1.48 bits per heavy atom. The van der Waals surface area contributed by atoms with Crippen LogP contribution in [0, 0.1) is 6.92 Å². The minimum Gasteiger partial charge on any atom is -0.464 e. The van der Waals surface area contributed by atoms with Gasteiger partial charge in [-0.1, -0.05) is 6.42 Å². The Balaban J connectivity index is 1.75. The van der Waals surface area contributed by atoms with Crippen LogP contribution in [-0.4, -0.2) is 59.8 Å². The number of rotatable bonds is 7. The van der Waals surface area contributed by atoms with Crippen molar-refractivity contribution in [1.82, 2.24) is 15.1 Å². The third-order valence-electron chi connectivity index (χ3n) is 4.45. The highest BCUT2D eigenvalue weighted by Gasteiger charge is 2.21. The zero-order chi connectivity index (χ0) is 16.7. The summed E-state index contributed by atoms with van der Waals surface area (Å²) in [6, 6.07) is 3.99. The molecule has 0 bridgehead atoms. The molecule has 6 nitrogen and oxygen atoms in total. The van der Waals surface area contributed by atoms with E-state index in [9.17, 15) is 9.90 Å². The van der Waals surface area contributed by atoms with E-state index >= 15 is 0 Å². The molecule has 2 amide bonds. The molecule has 2 heterocycles. The number of nitrogens with zero attached hydrogens (tertiary/aromatic N) is 2. The number of hydrogen-bond donors (Lipinski definition) is 2. The molecule has 0 saturated carbocycles. The zero-order valence-electron chi connectivity index (χ0n) is 14.3. The van der Waals surface area contributed by atoms with E-state index in [2.05, 4.69) is 10.2 Å². The van der Waals surface area contributed by atoms with Crippen LogP contribution in [0.3, 0.4) is 0 Å². The van der Waals surface area contributed by atoms with Gasteiger partial charge in [0.25, 0.3) is 0 Å². The van der Waals surface area contributed by atoms with Gasteiger partial charge in [0.1, 0.15) is 11.5 Å². The van der Waals surface area contributed by atoms with Gasteiger partial charge >= 0.3 is 6.03 Å². The molecule has 0 spiro atoms. The predicted molar refractivity (Wildman–Crippen MR) is 89.2 cm³/mol. The van der Waals surface area contributed by atoms with E-state index in [1.807, 2.05) is 26.0 Å². The van der Waals surface area contributed by atoms with Gasteiger partial charge in [0.05, 0.1) is 13.2 Å². The first kappa shape index (κ1) is 17.8. The van der Waals surface area contributed by atoms with Crippen LogP contribution in [-0.2, 0) is 6.54 Å². The molecular weight excluding hydrogens is 294 g/mol. The quantitative estimate of drug-likeness (QED) is 0.805. The highest BCUT2D eigenvalue weighted by molar-refractivity contribution is 5.74. The molecule has 1 aromatic rings. The number of nitrogens with one attached hydrogen (secondary N) is 1. The van der Waals surface area contributed by atoms with Crippen molar-refractivity contribution in [3.8, 4) is 0 Å². The summed E-state index contributed by atoms with van der Waals surface area (Å²) in [7, 11) is 0. The molecule has 130 valence electrons. The van der Waals surface area contributed by atoms with Crippen LogP contribution in [0.2, 0.25) is 0 Å². The fraction of sp³-hybridized carbons (Fsp3) is 0.706. The minimum absolute atomic E-state index is 0.0703. The second-order valence-electron chi connectivity index (χ2n) is 6.13. The molecule has 1 fully saturated rings. The number of aliphatic hydroxyl groups excluding tert-OH is 1. The molecule has 2 N–H and O–H groups in total. The maximum absolute atomic E-state index is 12.3. The van der Waals surface area contributed by atoms with E-state index in [-0.39, 0.29) is 18.7 Å². The van der Waals surface area contributed by atoms with E-state index in [1.54, 1.807) is 4.90 Å². The lowest BCUT2D eigenvalue weighted by Gasteiger charge is -2.34. The minimum atomic E-state index is -0.0703. The smallest absolute Gasteiger partial charge is 0.317 e. The molecular formula is C17H29N3O3. The maximum Gasteiger partial charge on any atom is 0.317 e. The van der Waals surface area contributed by atoms with Gasteiger partial charge in [-0.05, 0) is 45.4 Å². The molecule has 0 aromatic carbocycles. The molecule has 0 aliphatic carbocycles. The molecule has 6 heteroatoms. The first-order chi connectivity index (χ1) is 11.1. The van der Waals surface area contributed by atoms with Gasteiger partial charge in [0.15, 0.2) is 0 Å². The average Bonchev–Trinajstić information content (AvgIpc) is 2.98. The second kappa shape index (κ2) is 8.93. The van der Waals surface area contributed by atoms with Crippen LogP contribution in [0.1, 0.15) is 37.7 Å². The number of carbonyl (C=O) groups excluding carboxylic acids is 1. The first-order valence-electron chi connectivity index (χ1n) is 8.57. The lowest BCUT2D eigenvalue weighted by atomic mass is 10.0. The standard InChI is InChI=1S/C17H29N3O3/c1-3-19(12-16-8-7-14(2)23-16)17(22)18-9-11-20-10-5-4-6-15(20)13-21/h7-8,15,21H,3-6,9-13H2,1-2H3,(H,18,22)/t15-/m0/s1. The summed E-state index contributed by atoms with van der Waals surface area (Å²) < 4.78 is 5.54. The number of furan rings is 1. The summed E-state index contributed by atoms with van der Waals surface area (Å²) in [5.41, 5.74) is 0. The van der Waals surface area contributed by atoms with Crippen LogP contribution in [0.5, 0.6) is 0 Å². The molecule has 23 heavy (non-hydrogen) atoms. The monoisotopic (exact) mass is 323 g/mol. The Kier molecular flexibility index (Phi) is 6.92. The van der Waals surface area contributed by atoms with E-state index in [4.69, 9.17) is 4.42 Å². The molecule has 0 unspecified atom stereocenters. The van der Waals surface area contributed by atoms with E-state index in [0.717, 1.165) is 31.0 Å². The predicted octanol–water partition coefficient (Wildman–Crippen LogP) is 1.97. The third kappa shape index (κ3) is 5.25. The molecule has 1 saturated heterocycles. The van der Waals surface area contributed by atoms with Crippen LogP contribution >= 0.6 is 0 Å². The van der Waals surface area contributed by atoms with E-state index < -0.39 is 0 Å². The van der Waals surface area contributed by atoms with Gasteiger partial charge in [-0.3, -0.25) is 4.90 Å². The van der Waals surface area contributed by atoms with Gasteiger partial charge in [0, 0.05) is 25.7 Å². The van der Waals surface area contributed by atoms with E-state index in [1.165, 1.54) is 12.8 Å². The van der Waals surface area contributed by atoms with Gasteiger partial charge < -0.3 is 19.7 Å². The molecule has 1 aliphatic heterocycles. The Morgan fingerprint density at radius 2 is 2.30 bits per heavy atom. The summed E-state index contributed by atoms with van der Waals surface area (Å²) >= 11 is 0.